The molecule has 1 aromatic rings. The van der Waals surface area contributed by atoms with Gasteiger partial charge >= 0.3 is 11.9 Å². The Bertz CT molecular complexity index is 654. The largest absolute Gasteiger partial charge is 0.479 e. The number of carboxylic acid groups (broad SMARTS) is 1. The van der Waals surface area contributed by atoms with Gasteiger partial charge in [0.15, 0.2) is 6.61 Å². The number of thiophene rings is 1. The van der Waals surface area contributed by atoms with E-state index in [1.165, 1.54) is 15.6 Å². The third-order valence-corrected chi connectivity index (χ3v) is 5.52. The summed E-state index contributed by atoms with van der Waals surface area (Å²) >= 11 is 8.18. The van der Waals surface area contributed by atoms with Crippen molar-refractivity contribution in [1.29, 1.82) is 0 Å². The van der Waals surface area contributed by atoms with Crippen LogP contribution in [0.15, 0.2) is 17.5 Å². The molecule has 2 atom stereocenters. The van der Waals surface area contributed by atoms with Gasteiger partial charge in [0.05, 0.1) is 12.5 Å². The quantitative estimate of drug-likeness (QED) is 0.266. The second-order valence-electron chi connectivity index (χ2n) is 5.01. The lowest BCUT2D eigenvalue weighted by Crippen LogP contribution is -2.69. The number of halogens is 1. The van der Waals surface area contributed by atoms with Crippen LogP contribution in [0, 0.1) is 0 Å². The minimum atomic E-state index is -1.26. The number of carboxylic acids is 1. The predicted molar refractivity (Wildman–Crippen MR) is 92.4 cm³/mol. The highest BCUT2D eigenvalue weighted by Crippen LogP contribution is 2.29. The summed E-state index contributed by atoms with van der Waals surface area (Å²) < 4.78 is 5.77. The van der Waals surface area contributed by atoms with Crippen LogP contribution in [0.5, 0.6) is 0 Å². The summed E-state index contributed by atoms with van der Waals surface area (Å²) in [7, 11) is 0. The van der Waals surface area contributed by atoms with Gasteiger partial charge in [0.1, 0.15) is 11.8 Å². The molecule has 1 aromatic heterocycles. The molecule has 0 aromatic carbocycles. The highest BCUT2D eigenvalue weighted by molar-refractivity contribution is 7.98. The lowest BCUT2D eigenvalue weighted by molar-refractivity contribution is -0.153. The number of ether oxygens (including phenoxy) is 1. The molecule has 2 amide bonds. The van der Waals surface area contributed by atoms with E-state index in [4.69, 9.17) is 16.7 Å². The number of hydrogen-bond donors (Lipinski definition) is 2. The van der Waals surface area contributed by atoms with Gasteiger partial charge in [0.2, 0.25) is 5.91 Å². The van der Waals surface area contributed by atoms with E-state index in [1.807, 2.05) is 17.5 Å². The first kappa shape index (κ1) is 19.5. The zero-order chi connectivity index (χ0) is 18.4. The molecular weight excluding hydrogens is 392 g/mol. The van der Waals surface area contributed by atoms with Crippen LogP contribution in [0.1, 0.15) is 4.88 Å². The van der Waals surface area contributed by atoms with Gasteiger partial charge in [0.25, 0.3) is 5.91 Å². The van der Waals surface area contributed by atoms with Gasteiger partial charge in [-0.15, -0.1) is 22.9 Å². The number of β-lactam (4-membered cyclic amide) rings is 1. The average molecular weight is 407 g/mol. The summed E-state index contributed by atoms with van der Waals surface area (Å²) in [6.45, 7) is -0.728. The third-order valence-electron chi connectivity index (χ3n) is 3.24. The molecule has 136 valence electrons. The summed E-state index contributed by atoms with van der Waals surface area (Å²) in [5.74, 6) is -2.78. The van der Waals surface area contributed by atoms with Crippen molar-refractivity contribution < 1.29 is 29.0 Å². The molecule has 25 heavy (non-hydrogen) atoms. The van der Waals surface area contributed by atoms with Crippen molar-refractivity contribution in [1.82, 2.24) is 9.62 Å². The van der Waals surface area contributed by atoms with E-state index in [1.54, 1.807) is 0 Å². The van der Waals surface area contributed by atoms with Gasteiger partial charge in [0, 0.05) is 10.8 Å². The highest BCUT2D eigenvalue weighted by Gasteiger charge is 2.48. The zero-order valence-corrected chi connectivity index (χ0v) is 15.2. The number of aliphatic carboxylic acids is 1. The molecule has 2 unspecified atom stereocenters. The number of hydrogen-bond acceptors (Lipinski definition) is 7. The van der Waals surface area contributed by atoms with Gasteiger partial charge in [-0.3, -0.25) is 18.7 Å². The molecular formula is C14H15ClN2O6S2. The molecule has 1 fully saturated rings. The second-order valence-corrected chi connectivity index (χ2v) is 7.30. The topological polar surface area (TPSA) is 113 Å². The molecule has 2 rings (SSSR count). The Morgan fingerprint density at radius 2 is 2.20 bits per heavy atom. The average Bonchev–Trinajstić information content (AvgIpc) is 3.07. The molecule has 1 aliphatic heterocycles. The van der Waals surface area contributed by atoms with E-state index in [9.17, 15) is 19.2 Å². The van der Waals surface area contributed by atoms with Crippen molar-refractivity contribution in [3.05, 3.63) is 22.4 Å². The fourth-order valence-electron chi connectivity index (χ4n) is 2.09. The van der Waals surface area contributed by atoms with Crippen LogP contribution in [-0.4, -0.2) is 63.5 Å². The standard InChI is InChI=1S/C14H15ClN2O6S2/c15-5-9-13(16-10(18)4-8-2-1-3-24-8)14(22)17(9)25-7-12(21)23-6-11(19)20/h1-3,9,13H,4-7H2,(H,16,18)(H,19,20). The molecule has 0 saturated carbocycles. The maximum Gasteiger partial charge on any atom is 0.341 e. The first-order valence-electron chi connectivity index (χ1n) is 7.13. The van der Waals surface area contributed by atoms with E-state index in [0.717, 1.165) is 16.8 Å². The number of alkyl halides is 1. The normalized spacial score (nSPS) is 19.2. The molecule has 11 heteroatoms. The fourth-order valence-corrected chi connectivity index (χ4v) is 4.15. The van der Waals surface area contributed by atoms with E-state index >= 15 is 0 Å². The Kier molecular flexibility index (Phi) is 7.09. The summed E-state index contributed by atoms with van der Waals surface area (Å²) in [5, 5.41) is 12.9. The van der Waals surface area contributed by atoms with Gasteiger partial charge in [-0.05, 0) is 23.4 Å². The van der Waals surface area contributed by atoms with Gasteiger partial charge in [-0.1, -0.05) is 6.07 Å². The Morgan fingerprint density at radius 3 is 2.80 bits per heavy atom. The van der Waals surface area contributed by atoms with Crippen molar-refractivity contribution in [2.45, 2.75) is 18.5 Å². The second kappa shape index (κ2) is 9.07. The molecule has 0 radical (unpaired) electrons. The van der Waals surface area contributed by atoms with Crippen LogP contribution in [-0.2, 0) is 30.3 Å². The number of amides is 2. The van der Waals surface area contributed by atoms with Gasteiger partial charge in [-0.25, -0.2) is 4.79 Å². The van der Waals surface area contributed by atoms with Crippen LogP contribution in [0.2, 0.25) is 0 Å². The molecule has 2 heterocycles. The van der Waals surface area contributed by atoms with Crippen molar-refractivity contribution in [2.75, 3.05) is 18.2 Å². The van der Waals surface area contributed by atoms with Crippen LogP contribution >= 0.6 is 34.9 Å². The summed E-state index contributed by atoms with van der Waals surface area (Å²) in [5.41, 5.74) is 0. The molecule has 2 N–H and O–H groups in total. The predicted octanol–water partition coefficient (Wildman–Crippen LogP) is 0.501. The maximum absolute atomic E-state index is 12.1. The zero-order valence-electron chi connectivity index (χ0n) is 12.8. The van der Waals surface area contributed by atoms with E-state index in [2.05, 4.69) is 10.1 Å². The van der Waals surface area contributed by atoms with Crippen molar-refractivity contribution in [3.8, 4) is 0 Å². The first-order valence-corrected chi connectivity index (χ1v) is 9.49. The number of nitrogens with zero attached hydrogens (tertiary/aromatic N) is 1. The number of carbonyl (C=O) groups is 4. The molecule has 1 aliphatic rings. The maximum atomic E-state index is 12.1. The smallest absolute Gasteiger partial charge is 0.341 e. The van der Waals surface area contributed by atoms with Crippen LogP contribution in [0.3, 0.4) is 0 Å². The number of carbonyl (C=O) groups excluding carboxylic acids is 3. The Hall–Kier alpha value is -1.78. The Balaban J connectivity index is 1.79. The minimum Gasteiger partial charge on any atom is -0.479 e. The lowest BCUT2D eigenvalue weighted by Gasteiger charge is -2.44. The van der Waals surface area contributed by atoms with Crippen molar-refractivity contribution >= 4 is 58.6 Å². The van der Waals surface area contributed by atoms with Crippen LogP contribution in [0.25, 0.3) is 0 Å². The summed E-state index contributed by atoms with van der Waals surface area (Å²) in [6, 6.07) is 2.49. The molecule has 1 saturated heterocycles. The van der Waals surface area contributed by atoms with E-state index in [-0.39, 0.29) is 29.9 Å². The SMILES string of the molecule is O=C(O)COC(=O)CSN1C(=O)C(NC(=O)Cc2cccs2)C1CCl. The van der Waals surface area contributed by atoms with Crippen molar-refractivity contribution in [2.24, 2.45) is 0 Å². The highest BCUT2D eigenvalue weighted by atomic mass is 35.5. The minimum absolute atomic E-state index is 0.0901. The number of rotatable bonds is 9. The molecule has 0 aliphatic carbocycles. The Morgan fingerprint density at radius 1 is 1.44 bits per heavy atom. The van der Waals surface area contributed by atoms with Gasteiger partial charge in [-0.2, -0.15) is 0 Å². The third kappa shape index (κ3) is 5.35. The summed E-state index contributed by atoms with van der Waals surface area (Å²) in [4.78, 5) is 46.7. The van der Waals surface area contributed by atoms with Crippen LogP contribution < -0.4 is 5.32 Å². The van der Waals surface area contributed by atoms with Gasteiger partial charge < -0.3 is 15.2 Å². The number of esters is 1. The number of nitrogens with one attached hydrogen (secondary N) is 1. The molecule has 0 bridgehead atoms. The molecule has 0 spiro atoms. The molecule has 8 nitrogen and oxygen atoms in total. The van der Waals surface area contributed by atoms with E-state index in [0.29, 0.717) is 0 Å². The van der Waals surface area contributed by atoms with Crippen LogP contribution in [0.4, 0.5) is 0 Å². The monoisotopic (exact) mass is 406 g/mol. The van der Waals surface area contributed by atoms with Crippen molar-refractivity contribution in [3.63, 3.8) is 0 Å². The Labute approximate surface area is 156 Å². The van der Waals surface area contributed by atoms with E-state index < -0.39 is 30.6 Å². The fraction of sp³-hybridized carbons (Fsp3) is 0.429. The first-order chi connectivity index (χ1) is 11.9. The lowest BCUT2D eigenvalue weighted by atomic mass is 10.0. The summed E-state index contributed by atoms with van der Waals surface area (Å²) in [6.07, 6.45) is 0.186.